The van der Waals surface area contributed by atoms with Crippen molar-refractivity contribution in [3.63, 3.8) is 0 Å². The minimum atomic E-state index is -4.53. The van der Waals surface area contributed by atoms with E-state index in [2.05, 4.69) is 0 Å². The van der Waals surface area contributed by atoms with Gasteiger partial charge in [-0.05, 0) is 29.6 Å². The molecule has 82 valence electrons. The Hall–Kier alpha value is -0.290. The van der Waals surface area contributed by atoms with Gasteiger partial charge in [-0.3, -0.25) is 9.59 Å². The zero-order valence-corrected chi connectivity index (χ0v) is 8.42. The van der Waals surface area contributed by atoms with Gasteiger partial charge in [0.25, 0.3) is 0 Å². The molecule has 0 aromatic heterocycles. The summed E-state index contributed by atoms with van der Waals surface area (Å²) in [6.07, 6.45) is -6.29. The number of rotatable bonds is 5. The van der Waals surface area contributed by atoms with Gasteiger partial charge in [0.05, 0.1) is 5.92 Å². The van der Waals surface area contributed by atoms with Crippen molar-refractivity contribution in [1.82, 2.24) is 0 Å². The predicted molar refractivity (Wildman–Crippen MR) is 45.1 cm³/mol. The molecule has 0 aliphatic rings. The highest BCUT2D eigenvalue weighted by Gasteiger charge is 2.40. The van der Waals surface area contributed by atoms with Crippen LogP contribution < -0.4 is 0 Å². The van der Waals surface area contributed by atoms with Crippen LogP contribution in [0, 0.1) is 5.92 Å². The zero-order valence-electron chi connectivity index (χ0n) is 6.90. The molecule has 0 amide bonds. The van der Waals surface area contributed by atoms with Crippen LogP contribution in [-0.4, -0.2) is 16.7 Å². The van der Waals surface area contributed by atoms with E-state index in [1.165, 1.54) is 0 Å². The molecular weight excluding hydrogens is 244 g/mol. The van der Waals surface area contributed by atoms with Crippen molar-refractivity contribution in [2.45, 2.75) is 25.4 Å². The lowest BCUT2D eigenvalue weighted by atomic mass is 10.00. The number of hydrogen-bond donors (Lipinski definition) is 0. The minimum absolute atomic E-state index is 0.421. The van der Waals surface area contributed by atoms with E-state index in [0.717, 1.165) is 0 Å². The molecule has 14 heavy (non-hydrogen) atoms. The second-order valence-electron chi connectivity index (χ2n) is 2.69. The summed E-state index contributed by atoms with van der Waals surface area (Å²) in [5.74, 6) is -1.89. The van der Waals surface area contributed by atoms with E-state index in [1.54, 1.807) is 0 Å². The lowest BCUT2D eigenvalue weighted by Crippen LogP contribution is -2.25. The third kappa shape index (κ3) is 6.21. The number of alkyl halides is 3. The molecule has 0 aromatic rings. The van der Waals surface area contributed by atoms with Gasteiger partial charge in [-0.25, -0.2) is 0 Å². The summed E-state index contributed by atoms with van der Waals surface area (Å²) in [5.41, 5.74) is 0. The molecule has 0 rings (SSSR count). The number of halogens is 5. The van der Waals surface area contributed by atoms with Gasteiger partial charge in [0.2, 0.25) is 10.5 Å². The molecule has 0 saturated heterocycles. The molecule has 7 heteroatoms. The molecule has 0 aromatic carbocycles. The van der Waals surface area contributed by atoms with Gasteiger partial charge >= 0.3 is 6.18 Å². The van der Waals surface area contributed by atoms with E-state index in [-0.39, 0.29) is 0 Å². The van der Waals surface area contributed by atoms with E-state index >= 15 is 0 Å². The molecule has 0 saturated carbocycles. The Bertz CT molecular complexity index is 227. The lowest BCUT2D eigenvalue weighted by Gasteiger charge is -2.17. The van der Waals surface area contributed by atoms with Gasteiger partial charge in [0, 0.05) is 12.8 Å². The fourth-order valence-electron chi connectivity index (χ4n) is 0.863. The Morgan fingerprint density at radius 1 is 1.14 bits per heavy atom. The fourth-order valence-corrected chi connectivity index (χ4v) is 1.16. The molecule has 0 aliphatic heterocycles. The van der Waals surface area contributed by atoms with Crippen molar-refractivity contribution in [3.8, 4) is 0 Å². The molecular formula is C7H7Cl2F3O2. The smallest absolute Gasteiger partial charge is 0.281 e. The summed E-state index contributed by atoms with van der Waals surface area (Å²) >= 11 is 9.72. The lowest BCUT2D eigenvalue weighted by molar-refractivity contribution is -0.179. The van der Waals surface area contributed by atoms with Crippen molar-refractivity contribution in [2.75, 3.05) is 0 Å². The van der Waals surface area contributed by atoms with E-state index in [4.69, 9.17) is 23.2 Å². The first-order valence-corrected chi connectivity index (χ1v) is 4.42. The number of hydrogen-bond acceptors (Lipinski definition) is 2. The first kappa shape index (κ1) is 13.7. The van der Waals surface area contributed by atoms with Crippen LogP contribution in [0.3, 0.4) is 0 Å². The number of carbonyl (C=O) groups is 2. The van der Waals surface area contributed by atoms with E-state index < -0.39 is 41.8 Å². The molecule has 0 N–H and O–H groups in total. The Labute approximate surface area is 88.4 Å². The minimum Gasteiger partial charge on any atom is -0.281 e. The van der Waals surface area contributed by atoms with Gasteiger partial charge in [-0.1, -0.05) is 0 Å². The average molecular weight is 251 g/mol. The highest BCUT2D eigenvalue weighted by molar-refractivity contribution is 6.63. The molecule has 0 aliphatic carbocycles. The van der Waals surface area contributed by atoms with Crippen LogP contribution in [-0.2, 0) is 9.59 Å². The third-order valence-electron chi connectivity index (χ3n) is 1.56. The topological polar surface area (TPSA) is 34.1 Å². The van der Waals surface area contributed by atoms with Crippen molar-refractivity contribution in [3.05, 3.63) is 0 Å². The van der Waals surface area contributed by atoms with Crippen LogP contribution >= 0.6 is 23.2 Å². The Kier molecular flexibility index (Phi) is 5.44. The van der Waals surface area contributed by atoms with Crippen LogP contribution in [0.25, 0.3) is 0 Å². The van der Waals surface area contributed by atoms with Gasteiger partial charge in [0.1, 0.15) is 0 Å². The summed E-state index contributed by atoms with van der Waals surface area (Å²) in [6, 6.07) is 0. The van der Waals surface area contributed by atoms with Crippen molar-refractivity contribution < 1.29 is 22.8 Å². The maximum atomic E-state index is 12.2. The van der Waals surface area contributed by atoms with E-state index in [9.17, 15) is 22.8 Å². The monoisotopic (exact) mass is 250 g/mol. The van der Waals surface area contributed by atoms with E-state index in [1.807, 2.05) is 0 Å². The summed E-state index contributed by atoms with van der Waals surface area (Å²) < 4.78 is 36.5. The number of carbonyl (C=O) groups excluding carboxylic acids is 2. The quantitative estimate of drug-likeness (QED) is 0.704. The SMILES string of the molecule is O=C(Cl)CC[C@@H](CC(=O)Cl)C(F)(F)F. The van der Waals surface area contributed by atoms with Crippen LogP contribution in [0.2, 0.25) is 0 Å². The van der Waals surface area contributed by atoms with Crippen LogP contribution in [0.15, 0.2) is 0 Å². The largest absolute Gasteiger partial charge is 0.392 e. The summed E-state index contributed by atoms with van der Waals surface area (Å²) in [6.45, 7) is 0. The first-order valence-electron chi connectivity index (χ1n) is 3.67. The highest BCUT2D eigenvalue weighted by atomic mass is 35.5. The van der Waals surface area contributed by atoms with Crippen LogP contribution in [0.4, 0.5) is 13.2 Å². The predicted octanol–water partition coefficient (Wildman–Crippen LogP) is 2.87. The molecule has 0 radical (unpaired) electrons. The average Bonchev–Trinajstić information content (AvgIpc) is 1.94. The molecule has 1 atom stereocenters. The maximum absolute atomic E-state index is 12.2. The van der Waals surface area contributed by atoms with Crippen LogP contribution in [0.1, 0.15) is 19.3 Å². The van der Waals surface area contributed by atoms with Crippen LogP contribution in [0.5, 0.6) is 0 Å². The van der Waals surface area contributed by atoms with Crippen molar-refractivity contribution in [1.29, 1.82) is 0 Å². The van der Waals surface area contributed by atoms with Gasteiger partial charge in [0.15, 0.2) is 0 Å². The molecule has 0 fully saturated rings. The Morgan fingerprint density at radius 3 is 1.93 bits per heavy atom. The third-order valence-corrected chi connectivity index (χ3v) is 1.90. The maximum Gasteiger partial charge on any atom is 0.392 e. The van der Waals surface area contributed by atoms with Gasteiger partial charge in [-0.2, -0.15) is 13.2 Å². The van der Waals surface area contributed by atoms with Crippen molar-refractivity contribution >= 4 is 33.7 Å². The Balaban J connectivity index is 4.26. The second kappa shape index (κ2) is 5.56. The second-order valence-corrected chi connectivity index (χ2v) is 3.53. The van der Waals surface area contributed by atoms with Gasteiger partial charge in [-0.15, -0.1) is 0 Å². The summed E-state index contributed by atoms with van der Waals surface area (Å²) in [7, 11) is 0. The molecule has 0 unspecified atom stereocenters. The molecule has 2 nitrogen and oxygen atoms in total. The standard InChI is InChI=1S/C7H7Cl2F3O2/c8-5(13)2-1-4(3-6(9)14)7(10,11)12/h4H,1-3H2/t4-/m0/s1. The summed E-state index contributed by atoms with van der Waals surface area (Å²) in [4.78, 5) is 20.5. The fraction of sp³-hybridized carbons (Fsp3) is 0.714. The molecule has 0 bridgehead atoms. The molecule has 0 spiro atoms. The first-order chi connectivity index (χ1) is 6.23. The van der Waals surface area contributed by atoms with Gasteiger partial charge < -0.3 is 0 Å². The van der Waals surface area contributed by atoms with E-state index in [0.29, 0.717) is 0 Å². The van der Waals surface area contributed by atoms with Crippen molar-refractivity contribution in [2.24, 2.45) is 5.92 Å². The Morgan fingerprint density at radius 2 is 1.64 bits per heavy atom. The highest BCUT2D eigenvalue weighted by Crippen LogP contribution is 2.33. The molecule has 0 heterocycles. The summed E-state index contributed by atoms with van der Waals surface area (Å²) in [5, 5.41) is -1.93. The normalized spacial score (nSPS) is 13.8. The zero-order chi connectivity index (χ0) is 11.4.